The molecule has 3 aromatic rings. The number of rotatable bonds is 6. The standard InChI is InChI=1S/C19H18FN3O2S/c20-15-3-1-14(2-4-15)17-12-26-19(23-17)22-10-13-5-7-21-18(9-13)25-16-6-8-24-11-16/h1-5,7,9,12,16H,6,8,10-11H2,(H,22,23). The van der Waals surface area contributed by atoms with Gasteiger partial charge in [-0.2, -0.15) is 0 Å². The lowest BCUT2D eigenvalue weighted by Crippen LogP contribution is -2.16. The van der Waals surface area contributed by atoms with Crippen molar-refractivity contribution in [2.24, 2.45) is 0 Å². The summed E-state index contributed by atoms with van der Waals surface area (Å²) in [5.41, 5.74) is 2.79. The minimum atomic E-state index is -0.248. The van der Waals surface area contributed by atoms with Crippen LogP contribution in [-0.2, 0) is 11.3 Å². The van der Waals surface area contributed by atoms with Crippen LogP contribution in [0.4, 0.5) is 9.52 Å². The Bertz CT molecular complexity index is 863. The third-order valence-corrected chi connectivity index (χ3v) is 4.86. The molecule has 5 nitrogen and oxygen atoms in total. The van der Waals surface area contributed by atoms with Crippen LogP contribution in [0, 0.1) is 5.82 Å². The molecule has 134 valence electrons. The highest BCUT2D eigenvalue weighted by Gasteiger charge is 2.17. The normalized spacial score (nSPS) is 16.6. The summed E-state index contributed by atoms with van der Waals surface area (Å²) in [6, 6.07) is 10.2. The Morgan fingerprint density at radius 2 is 2.15 bits per heavy atom. The number of hydrogen-bond donors (Lipinski definition) is 1. The summed E-state index contributed by atoms with van der Waals surface area (Å²) in [6.07, 6.45) is 2.73. The molecule has 1 aliphatic heterocycles. The molecule has 0 saturated carbocycles. The van der Waals surface area contributed by atoms with E-state index in [2.05, 4.69) is 15.3 Å². The molecule has 4 rings (SSSR count). The van der Waals surface area contributed by atoms with E-state index >= 15 is 0 Å². The van der Waals surface area contributed by atoms with E-state index in [0.717, 1.165) is 35.0 Å². The van der Waals surface area contributed by atoms with Gasteiger partial charge in [-0.25, -0.2) is 14.4 Å². The van der Waals surface area contributed by atoms with Gasteiger partial charge < -0.3 is 14.8 Å². The van der Waals surface area contributed by atoms with Crippen molar-refractivity contribution in [3.8, 4) is 17.1 Å². The molecule has 1 fully saturated rings. The summed E-state index contributed by atoms with van der Waals surface area (Å²) in [4.78, 5) is 8.81. The Kier molecular flexibility index (Phi) is 5.08. The van der Waals surface area contributed by atoms with Gasteiger partial charge in [0.2, 0.25) is 5.88 Å². The first-order valence-electron chi connectivity index (χ1n) is 8.41. The van der Waals surface area contributed by atoms with Crippen LogP contribution >= 0.6 is 11.3 Å². The SMILES string of the molecule is Fc1ccc(-c2csc(NCc3ccnc(OC4CCOC4)c3)n2)cc1. The van der Waals surface area contributed by atoms with Crippen molar-refractivity contribution in [1.82, 2.24) is 9.97 Å². The monoisotopic (exact) mass is 371 g/mol. The predicted molar refractivity (Wildman–Crippen MR) is 98.9 cm³/mol. The summed E-state index contributed by atoms with van der Waals surface area (Å²) in [6.45, 7) is 1.98. The summed E-state index contributed by atoms with van der Waals surface area (Å²) >= 11 is 1.52. The van der Waals surface area contributed by atoms with E-state index in [4.69, 9.17) is 9.47 Å². The van der Waals surface area contributed by atoms with E-state index < -0.39 is 0 Å². The van der Waals surface area contributed by atoms with Crippen LogP contribution in [-0.4, -0.2) is 29.3 Å². The highest BCUT2D eigenvalue weighted by Crippen LogP contribution is 2.25. The quantitative estimate of drug-likeness (QED) is 0.706. The number of halogens is 1. The summed E-state index contributed by atoms with van der Waals surface area (Å²) in [5.74, 6) is 0.369. The van der Waals surface area contributed by atoms with Crippen LogP contribution in [0.2, 0.25) is 0 Å². The molecule has 2 aromatic heterocycles. The van der Waals surface area contributed by atoms with E-state index in [1.165, 1.54) is 23.5 Å². The zero-order valence-electron chi connectivity index (χ0n) is 14.0. The maximum Gasteiger partial charge on any atom is 0.213 e. The maximum absolute atomic E-state index is 13.0. The van der Waals surface area contributed by atoms with Crippen molar-refractivity contribution >= 4 is 16.5 Å². The lowest BCUT2D eigenvalue weighted by Gasteiger charge is -2.11. The van der Waals surface area contributed by atoms with E-state index in [9.17, 15) is 4.39 Å². The second-order valence-corrected chi connectivity index (χ2v) is 6.86. The van der Waals surface area contributed by atoms with Crippen LogP contribution in [0.25, 0.3) is 11.3 Å². The average Bonchev–Trinajstić information content (AvgIpc) is 3.33. The Morgan fingerprint density at radius 3 is 2.96 bits per heavy atom. The zero-order chi connectivity index (χ0) is 17.8. The zero-order valence-corrected chi connectivity index (χ0v) is 14.8. The number of pyridine rings is 1. The first-order valence-corrected chi connectivity index (χ1v) is 9.29. The smallest absolute Gasteiger partial charge is 0.213 e. The number of nitrogens with one attached hydrogen (secondary N) is 1. The molecule has 0 spiro atoms. The molecule has 0 bridgehead atoms. The van der Waals surface area contributed by atoms with E-state index in [-0.39, 0.29) is 11.9 Å². The molecule has 3 heterocycles. The topological polar surface area (TPSA) is 56.3 Å². The summed E-state index contributed by atoms with van der Waals surface area (Å²) in [7, 11) is 0. The lowest BCUT2D eigenvalue weighted by molar-refractivity contribution is 0.138. The first kappa shape index (κ1) is 16.9. The van der Waals surface area contributed by atoms with Crippen LogP contribution in [0.15, 0.2) is 48.0 Å². The molecule has 0 aliphatic carbocycles. The fourth-order valence-electron chi connectivity index (χ4n) is 2.69. The number of aromatic nitrogens is 2. The van der Waals surface area contributed by atoms with Crippen LogP contribution < -0.4 is 10.1 Å². The molecule has 1 unspecified atom stereocenters. The third kappa shape index (κ3) is 4.17. The molecule has 1 aromatic carbocycles. The van der Waals surface area contributed by atoms with Crippen LogP contribution in [0.1, 0.15) is 12.0 Å². The molecular formula is C19H18FN3O2S. The van der Waals surface area contributed by atoms with Gasteiger partial charge in [0, 0.05) is 36.2 Å². The molecule has 1 atom stereocenters. The number of hydrogen-bond acceptors (Lipinski definition) is 6. The van der Waals surface area contributed by atoms with Crippen molar-refractivity contribution in [1.29, 1.82) is 0 Å². The number of benzene rings is 1. The molecule has 0 radical (unpaired) electrons. The van der Waals surface area contributed by atoms with Gasteiger partial charge in [0.1, 0.15) is 11.9 Å². The van der Waals surface area contributed by atoms with E-state index in [1.807, 2.05) is 17.5 Å². The number of anilines is 1. The largest absolute Gasteiger partial charge is 0.472 e. The molecule has 1 aliphatic rings. The minimum absolute atomic E-state index is 0.0861. The Labute approximate surface area is 154 Å². The van der Waals surface area contributed by atoms with E-state index in [0.29, 0.717) is 19.0 Å². The predicted octanol–water partition coefficient (Wildman–Crippen LogP) is 4.12. The molecule has 1 saturated heterocycles. The molecular weight excluding hydrogens is 353 g/mol. The van der Waals surface area contributed by atoms with E-state index in [1.54, 1.807) is 18.3 Å². The van der Waals surface area contributed by atoms with Crippen molar-refractivity contribution < 1.29 is 13.9 Å². The van der Waals surface area contributed by atoms with Gasteiger partial charge >= 0.3 is 0 Å². The Hall–Kier alpha value is -2.51. The molecule has 1 N–H and O–H groups in total. The van der Waals surface area contributed by atoms with Gasteiger partial charge in [0.25, 0.3) is 0 Å². The lowest BCUT2D eigenvalue weighted by atomic mass is 10.2. The maximum atomic E-state index is 13.0. The van der Waals surface area contributed by atoms with Crippen molar-refractivity contribution in [3.63, 3.8) is 0 Å². The summed E-state index contributed by atoms with van der Waals surface area (Å²) in [5, 5.41) is 6.08. The second-order valence-electron chi connectivity index (χ2n) is 6.00. The van der Waals surface area contributed by atoms with Crippen LogP contribution in [0.5, 0.6) is 5.88 Å². The summed E-state index contributed by atoms with van der Waals surface area (Å²) < 4.78 is 24.2. The van der Waals surface area contributed by atoms with Gasteiger partial charge in [-0.3, -0.25) is 0 Å². The van der Waals surface area contributed by atoms with Crippen molar-refractivity contribution in [2.45, 2.75) is 19.1 Å². The number of thiazole rings is 1. The van der Waals surface area contributed by atoms with Gasteiger partial charge in [-0.1, -0.05) is 0 Å². The van der Waals surface area contributed by atoms with Crippen molar-refractivity contribution in [2.75, 3.05) is 18.5 Å². The van der Waals surface area contributed by atoms with Gasteiger partial charge in [-0.15, -0.1) is 11.3 Å². The minimum Gasteiger partial charge on any atom is -0.472 e. The van der Waals surface area contributed by atoms with Crippen molar-refractivity contribution in [3.05, 3.63) is 59.4 Å². The number of ether oxygens (including phenoxy) is 2. The van der Waals surface area contributed by atoms with Gasteiger partial charge in [0.05, 0.1) is 18.9 Å². The van der Waals surface area contributed by atoms with Crippen LogP contribution in [0.3, 0.4) is 0 Å². The fraction of sp³-hybridized carbons (Fsp3) is 0.263. The first-order chi connectivity index (χ1) is 12.8. The molecule has 26 heavy (non-hydrogen) atoms. The Morgan fingerprint density at radius 1 is 1.27 bits per heavy atom. The number of nitrogens with zero attached hydrogens (tertiary/aromatic N) is 2. The fourth-order valence-corrected chi connectivity index (χ4v) is 3.41. The average molecular weight is 371 g/mol. The second kappa shape index (κ2) is 7.80. The van der Waals surface area contributed by atoms with Gasteiger partial charge in [0.15, 0.2) is 5.13 Å². The highest BCUT2D eigenvalue weighted by atomic mass is 32.1. The molecule has 0 amide bonds. The highest BCUT2D eigenvalue weighted by molar-refractivity contribution is 7.14. The molecule has 7 heteroatoms. The van der Waals surface area contributed by atoms with Gasteiger partial charge in [-0.05, 0) is 35.9 Å². The third-order valence-electron chi connectivity index (χ3n) is 4.06. The Balaban J connectivity index is 1.37.